The van der Waals surface area contributed by atoms with Gasteiger partial charge in [-0.25, -0.2) is 0 Å². The van der Waals surface area contributed by atoms with Crippen molar-refractivity contribution < 1.29 is 18.9 Å². The van der Waals surface area contributed by atoms with E-state index < -0.39 is 11.0 Å². The standard InChI is InChI=1S/C27H23N5O5S/c1-36-23-15-18(32(34)35)10-11-19(23)21-12-13-22(37-21)26-25(20-9-5-6-14-28-20)30-27(38)31(26)16-24(33)29-17-7-3-2-4-8-17/h2-15,25-26H,16H2,1H3,(H,29,33)(H,30,38)/t25-,26+/m0/s1. The Morgan fingerprint density at radius 1 is 1.16 bits per heavy atom. The summed E-state index contributed by atoms with van der Waals surface area (Å²) < 4.78 is 11.7. The Kier molecular flexibility index (Phi) is 7.00. The molecule has 2 N–H and O–H groups in total. The Balaban J connectivity index is 1.48. The number of amides is 1. The molecule has 2 aromatic carbocycles. The van der Waals surface area contributed by atoms with Crippen molar-refractivity contribution in [2.24, 2.45) is 0 Å². The fourth-order valence-corrected chi connectivity index (χ4v) is 4.72. The third kappa shape index (κ3) is 5.04. The molecule has 10 nitrogen and oxygen atoms in total. The predicted octanol–water partition coefficient (Wildman–Crippen LogP) is 4.87. The molecule has 192 valence electrons. The molecule has 4 aromatic rings. The van der Waals surface area contributed by atoms with Crippen molar-refractivity contribution in [3.63, 3.8) is 0 Å². The molecule has 3 heterocycles. The molecule has 0 aliphatic carbocycles. The zero-order chi connectivity index (χ0) is 26.6. The van der Waals surface area contributed by atoms with Gasteiger partial charge in [-0.05, 0) is 54.7 Å². The molecule has 5 rings (SSSR count). The van der Waals surface area contributed by atoms with Gasteiger partial charge in [0, 0.05) is 18.0 Å². The van der Waals surface area contributed by atoms with Gasteiger partial charge < -0.3 is 24.7 Å². The lowest BCUT2D eigenvalue weighted by molar-refractivity contribution is -0.384. The fraction of sp³-hybridized carbons (Fsp3) is 0.148. The van der Waals surface area contributed by atoms with Crippen molar-refractivity contribution in [1.82, 2.24) is 15.2 Å². The first-order chi connectivity index (χ1) is 18.4. The van der Waals surface area contributed by atoms with Gasteiger partial charge >= 0.3 is 0 Å². The number of nitrogens with zero attached hydrogens (tertiary/aromatic N) is 3. The van der Waals surface area contributed by atoms with Crippen LogP contribution < -0.4 is 15.4 Å². The molecular weight excluding hydrogens is 506 g/mol. The summed E-state index contributed by atoms with van der Waals surface area (Å²) in [5.41, 5.74) is 1.88. The van der Waals surface area contributed by atoms with Gasteiger partial charge in [0.2, 0.25) is 5.91 Å². The van der Waals surface area contributed by atoms with E-state index in [0.29, 0.717) is 33.6 Å². The van der Waals surface area contributed by atoms with Crippen LogP contribution in [0.1, 0.15) is 23.5 Å². The van der Waals surface area contributed by atoms with Gasteiger partial charge in [0.05, 0.1) is 35.4 Å². The van der Waals surface area contributed by atoms with Crippen LogP contribution in [0.4, 0.5) is 11.4 Å². The molecule has 0 saturated carbocycles. The number of non-ortho nitro benzene ring substituents is 1. The number of nitrogens with one attached hydrogen (secondary N) is 2. The summed E-state index contributed by atoms with van der Waals surface area (Å²) in [4.78, 5) is 29.9. The van der Waals surface area contributed by atoms with Gasteiger partial charge in [-0.3, -0.25) is 19.9 Å². The van der Waals surface area contributed by atoms with Crippen molar-refractivity contribution in [1.29, 1.82) is 0 Å². The highest BCUT2D eigenvalue weighted by Crippen LogP contribution is 2.42. The second-order valence-electron chi connectivity index (χ2n) is 8.51. The smallest absolute Gasteiger partial charge is 0.273 e. The minimum absolute atomic E-state index is 0.0222. The van der Waals surface area contributed by atoms with E-state index in [2.05, 4.69) is 15.6 Å². The highest BCUT2D eigenvalue weighted by molar-refractivity contribution is 7.80. The van der Waals surface area contributed by atoms with E-state index >= 15 is 0 Å². The van der Waals surface area contributed by atoms with E-state index in [1.807, 2.05) is 48.5 Å². The van der Waals surface area contributed by atoms with Crippen molar-refractivity contribution in [3.05, 3.63) is 107 Å². The minimum atomic E-state index is -0.489. The molecule has 2 atom stereocenters. The van der Waals surface area contributed by atoms with Crippen LogP contribution in [0, 0.1) is 10.1 Å². The summed E-state index contributed by atoms with van der Waals surface area (Å²) in [6, 6.07) is 21.8. The quantitative estimate of drug-likeness (QED) is 0.187. The number of nitro groups is 1. The van der Waals surface area contributed by atoms with Crippen LogP contribution in [0.2, 0.25) is 0 Å². The van der Waals surface area contributed by atoms with Crippen molar-refractivity contribution >= 4 is 34.6 Å². The number of rotatable bonds is 8. The van der Waals surface area contributed by atoms with Crippen LogP contribution in [0.25, 0.3) is 11.3 Å². The second kappa shape index (κ2) is 10.7. The average Bonchev–Trinajstić information content (AvgIpc) is 3.54. The van der Waals surface area contributed by atoms with E-state index in [1.54, 1.807) is 29.3 Å². The summed E-state index contributed by atoms with van der Waals surface area (Å²) in [5, 5.41) is 17.8. The van der Waals surface area contributed by atoms with Gasteiger partial charge in [0.15, 0.2) is 5.11 Å². The topological polar surface area (TPSA) is 123 Å². The van der Waals surface area contributed by atoms with Gasteiger partial charge in [-0.1, -0.05) is 24.3 Å². The Labute approximate surface area is 223 Å². The van der Waals surface area contributed by atoms with Crippen LogP contribution >= 0.6 is 12.2 Å². The number of furan rings is 1. The zero-order valence-electron chi connectivity index (χ0n) is 20.2. The summed E-state index contributed by atoms with van der Waals surface area (Å²) >= 11 is 5.64. The molecule has 0 bridgehead atoms. The third-order valence-corrected chi connectivity index (χ3v) is 6.50. The number of nitro benzene ring substituents is 1. The molecule has 1 aliphatic heterocycles. The number of benzene rings is 2. The van der Waals surface area contributed by atoms with Crippen LogP contribution in [-0.2, 0) is 4.79 Å². The zero-order valence-corrected chi connectivity index (χ0v) is 21.1. The minimum Gasteiger partial charge on any atom is -0.496 e. The number of thiocarbonyl (C=S) groups is 1. The maximum Gasteiger partial charge on any atom is 0.273 e. The van der Waals surface area contributed by atoms with Gasteiger partial charge in [0.25, 0.3) is 5.69 Å². The molecular formula is C27H23N5O5S. The number of para-hydroxylation sites is 1. The second-order valence-corrected chi connectivity index (χ2v) is 8.90. The highest BCUT2D eigenvalue weighted by Gasteiger charge is 2.42. The van der Waals surface area contributed by atoms with Crippen molar-refractivity contribution in [2.45, 2.75) is 12.1 Å². The molecule has 1 fully saturated rings. The molecule has 1 amide bonds. The van der Waals surface area contributed by atoms with Crippen molar-refractivity contribution in [3.8, 4) is 17.1 Å². The lowest BCUT2D eigenvalue weighted by Gasteiger charge is -2.25. The molecule has 11 heteroatoms. The van der Waals surface area contributed by atoms with E-state index in [9.17, 15) is 14.9 Å². The highest BCUT2D eigenvalue weighted by atomic mass is 32.1. The molecule has 0 spiro atoms. The number of carbonyl (C=O) groups is 1. The summed E-state index contributed by atoms with van der Waals surface area (Å²) in [7, 11) is 1.44. The number of anilines is 1. The first-order valence-corrected chi connectivity index (χ1v) is 12.1. The maximum atomic E-state index is 13.0. The summed E-state index contributed by atoms with van der Waals surface area (Å²) in [5.74, 6) is 1.06. The summed E-state index contributed by atoms with van der Waals surface area (Å²) in [6.07, 6.45) is 1.69. The molecule has 1 saturated heterocycles. The monoisotopic (exact) mass is 529 g/mol. The van der Waals surface area contributed by atoms with Crippen LogP contribution in [0.3, 0.4) is 0 Å². The number of carbonyl (C=O) groups excluding carboxylic acids is 1. The average molecular weight is 530 g/mol. The van der Waals surface area contributed by atoms with Crippen LogP contribution in [-0.4, -0.2) is 39.5 Å². The number of ether oxygens (including phenoxy) is 1. The van der Waals surface area contributed by atoms with E-state index in [0.717, 1.165) is 5.69 Å². The van der Waals surface area contributed by atoms with Crippen LogP contribution in [0.15, 0.2) is 89.5 Å². The third-order valence-electron chi connectivity index (χ3n) is 6.15. The molecule has 38 heavy (non-hydrogen) atoms. The first-order valence-electron chi connectivity index (χ1n) is 11.7. The summed E-state index contributed by atoms with van der Waals surface area (Å²) in [6.45, 7) is -0.0222. The largest absolute Gasteiger partial charge is 0.496 e. The molecule has 0 unspecified atom stereocenters. The normalized spacial score (nSPS) is 16.7. The number of hydrogen-bond acceptors (Lipinski definition) is 7. The predicted molar refractivity (Wildman–Crippen MR) is 145 cm³/mol. The number of methoxy groups -OCH3 is 1. The Morgan fingerprint density at radius 3 is 2.66 bits per heavy atom. The number of pyridine rings is 1. The SMILES string of the molecule is COc1cc([N+](=O)[O-])ccc1-c1ccc([C@@H]2[C@H](c3ccccn3)NC(=S)N2CC(=O)Nc2ccccc2)o1. The van der Waals surface area contributed by atoms with Gasteiger partial charge in [-0.15, -0.1) is 0 Å². The van der Waals surface area contributed by atoms with Gasteiger partial charge in [-0.2, -0.15) is 0 Å². The molecule has 0 radical (unpaired) electrons. The Hall–Kier alpha value is -4.77. The Bertz CT molecular complexity index is 1480. The molecule has 2 aromatic heterocycles. The van der Waals surface area contributed by atoms with E-state index in [1.165, 1.54) is 19.2 Å². The molecule has 1 aliphatic rings. The maximum absolute atomic E-state index is 13.0. The first kappa shape index (κ1) is 24.9. The fourth-order valence-electron chi connectivity index (χ4n) is 4.42. The Morgan fingerprint density at radius 2 is 1.95 bits per heavy atom. The van der Waals surface area contributed by atoms with E-state index in [-0.39, 0.29) is 24.2 Å². The van der Waals surface area contributed by atoms with E-state index in [4.69, 9.17) is 21.4 Å². The van der Waals surface area contributed by atoms with Crippen LogP contribution in [0.5, 0.6) is 5.75 Å². The van der Waals surface area contributed by atoms with Crippen molar-refractivity contribution in [2.75, 3.05) is 19.0 Å². The number of aromatic nitrogens is 1. The lowest BCUT2D eigenvalue weighted by atomic mass is 10.0. The lowest BCUT2D eigenvalue weighted by Crippen LogP contribution is -2.36. The number of hydrogen-bond donors (Lipinski definition) is 2. The van der Waals surface area contributed by atoms with Gasteiger partial charge in [0.1, 0.15) is 29.9 Å².